The molecule has 0 saturated heterocycles. The van der Waals surface area contributed by atoms with E-state index in [9.17, 15) is 0 Å². The standard InChI is InChI=1S/C44H29N3O2S/c48-50(49)42-29-32(31-24-26-40-37(28-31)35-20-10-12-22-38(35)45(40)33-16-6-2-7-17-33)25-27-41(42)46-39-23-13-11-21-36(39)43(30-14-4-1-5-15-30)44(46)47(50)34-18-8-3-9-19-34/h1-29H. The number of sulfonamides is 1. The first-order chi connectivity index (χ1) is 24.6. The molecule has 2 aromatic heterocycles. The van der Waals surface area contributed by atoms with Gasteiger partial charge in [-0.1, -0.05) is 115 Å². The fourth-order valence-corrected chi connectivity index (χ4v) is 9.38. The molecule has 1 aliphatic heterocycles. The van der Waals surface area contributed by atoms with Gasteiger partial charge in [0, 0.05) is 27.4 Å². The van der Waals surface area contributed by atoms with Gasteiger partial charge in [-0.15, -0.1) is 0 Å². The van der Waals surface area contributed by atoms with Crippen LogP contribution in [-0.2, 0) is 10.0 Å². The number of hydrogen-bond donors (Lipinski definition) is 0. The summed E-state index contributed by atoms with van der Waals surface area (Å²) in [5.41, 5.74) is 9.10. The summed E-state index contributed by atoms with van der Waals surface area (Å²) in [7, 11) is -4.06. The number of anilines is 2. The molecule has 10 rings (SSSR count). The lowest BCUT2D eigenvalue weighted by Crippen LogP contribution is -2.33. The summed E-state index contributed by atoms with van der Waals surface area (Å²) in [6.45, 7) is 0. The molecule has 0 saturated carbocycles. The topological polar surface area (TPSA) is 47.2 Å². The van der Waals surface area contributed by atoms with E-state index in [4.69, 9.17) is 0 Å². The van der Waals surface area contributed by atoms with Crippen molar-refractivity contribution in [2.75, 3.05) is 4.31 Å². The highest BCUT2D eigenvalue weighted by Gasteiger charge is 2.40. The smallest absolute Gasteiger partial charge is 0.271 e. The molecular weight excluding hydrogens is 635 g/mol. The second-order valence-corrected chi connectivity index (χ2v) is 14.4. The van der Waals surface area contributed by atoms with Gasteiger partial charge in [-0.3, -0.25) is 4.57 Å². The zero-order valence-corrected chi connectivity index (χ0v) is 27.6. The molecule has 3 heterocycles. The molecule has 1 aliphatic rings. The normalized spacial score (nSPS) is 13.5. The number of benzene rings is 7. The first-order valence-electron chi connectivity index (χ1n) is 16.6. The van der Waals surface area contributed by atoms with Crippen LogP contribution in [0.5, 0.6) is 0 Å². The molecule has 0 amide bonds. The van der Waals surface area contributed by atoms with Gasteiger partial charge in [0.15, 0.2) is 0 Å². The zero-order valence-electron chi connectivity index (χ0n) is 26.8. The SMILES string of the molecule is O=S1(=O)c2cc(-c3ccc4c(c3)c3ccccc3n4-c3ccccc3)ccc2-n2c(c(-c3ccccc3)c3ccccc32)N1c1ccccc1. The van der Waals surface area contributed by atoms with Crippen molar-refractivity contribution >= 4 is 54.2 Å². The molecule has 50 heavy (non-hydrogen) atoms. The highest BCUT2D eigenvalue weighted by atomic mass is 32.2. The number of rotatable bonds is 4. The lowest BCUT2D eigenvalue weighted by Gasteiger charge is -2.33. The summed E-state index contributed by atoms with van der Waals surface area (Å²) in [5.74, 6) is 0.610. The maximum Gasteiger partial charge on any atom is 0.271 e. The molecule has 0 aliphatic carbocycles. The van der Waals surface area contributed by atoms with E-state index in [1.165, 1.54) is 4.31 Å². The van der Waals surface area contributed by atoms with Crippen LogP contribution in [-0.4, -0.2) is 17.6 Å². The third kappa shape index (κ3) is 4.09. The van der Waals surface area contributed by atoms with Crippen LogP contribution < -0.4 is 4.31 Å². The minimum absolute atomic E-state index is 0.263. The third-order valence-corrected chi connectivity index (χ3v) is 11.6. The van der Waals surface area contributed by atoms with E-state index in [-0.39, 0.29) is 4.90 Å². The zero-order chi connectivity index (χ0) is 33.4. The Bertz CT molecular complexity index is 2880. The predicted octanol–water partition coefficient (Wildman–Crippen LogP) is 10.9. The minimum atomic E-state index is -4.06. The van der Waals surface area contributed by atoms with Gasteiger partial charge in [0.25, 0.3) is 10.0 Å². The summed E-state index contributed by atoms with van der Waals surface area (Å²) >= 11 is 0. The number of fused-ring (bicyclic) bond motifs is 8. The molecular formula is C44H29N3O2S. The van der Waals surface area contributed by atoms with Crippen LogP contribution in [0.4, 0.5) is 11.5 Å². The highest BCUT2D eigenvalue weighted by molar-refractivity contribution is 7.93. The van der Waals surface area contributed by atoms with E-state index < -0.39 is 10.0 Å². The van der Waals surface area contributed by atoms with Gasteiger partial charge < -0.3 is 4.57 Å². The Morgan fingerprint density at radius 3 is 1.66 bits per heavy atom. The summed E-state index contributed by atoms with van der Waals surface area (Å²) in [4.78, 5) is 0.263. The van der Waals surface area contributed by atoms with E-state index in [0.29, 0.717) is 17.2 Å². The molecule has 0 bridgehead atoms. The first kappa shape index (κ1) is 28.6. The Labute approximate surface area is 289 Å². The minimum Gasteiger partial charge on any atom is -0.309 e. The van der Waals surface area contributed by atoms with Gasteiger partial charge in [0.05, 0.1) is 27.9 Å². The van der Waals surface area contributed by atoms with Gasteiger partial charge in [-0.2, -0.15) is 0 Å². The maximum atomic E-state index is 15.1. The van der Waals surface area contributed by atoms with E-state index in [0.717, 1.165) is 60.6 Å². The Balaban J connectivity index is 1.23. The van der Waals surface area contributed by atoms with Gasteiger partial charge in [0.1, 0.15) is 10.7 Å². The van der Waals surface area contributed by atoms with Crippen molar-refractivity contribution in [2.45, 2.75) is 4.90 Å². The number of nitrogens with zero attached hydrogens (tertiary/aromatic N) is 3. The van der Waals surface area contributed by atoms with Crippen LogP contribution in [0.3, 0.4) is 0 Å². The molecule has 0 unspecified atom stereocenters. The maximum absolute atomic E-state index is 15.1. The Kier molecular flexibility index (Phi) is 6.19. The fourth-order valence-electron chi connectivity index (χ4n) is 7.68. The van der Waals surface area contributed by atoms with Crippen molar-refractivity contribution in [1.29, 1.82) is 0 Å². The van der Waals surface area contributed by atoms with E-state index in [1.54, 1.807) is 0 Å². The van der Waals surface area contributed by atoms with Crippen LogP contribution >= 0.6 is 0 Å². The molecule has 5 nitrogen and oxygen atoms in total. The van der Waals surface area contributed by atoms with E-state index in [2.05, 4.69) is 88.0 Å². The van der Waals surface area contributed by atoms with Crippen LogP contribution in [0.2, 0.25) is 0 Å². The second kappa shape index (κ2) is 10.8. The average molecular weight is 664 g/mol. The van der Waals surface area contributed by atoms with E-state index >= 15 is 8.42 Å². The predicted molar refractivity (Wildman–Crippen MR) is 204 cm³/mol. The fraction of sp³-hybridized carbons (Fsp3) is 0. The Morgan fingerprint density at radius 1 is 0.400 bits per heavy atom. The molecule has 238 valence electrons. The molecule has 0 radical (unpaired) electrons. The molecule has 0 spiro atoms. The number of hydrogen-bond acceptors (Lipinski definition) is 2. The summed E-state index contributed by atoms with van der Waals surface area (Å²) < 4.78 is 36.1. The Morgan fingerprint density at radius 2 is 0.940 bits per heavy atom. The lowest BCUT2D eigenvalue weighted by atomic mass is 10.0. The Hall–Kier alpha value is -6.37. The highest BCUT2D eigenvalue weighted by Crippen LogP contribution is 2.51. The van der Waals surface area contributed by atoms with Gasteiger partial charge in [-0.25, -0.2) is 12.7 Å². The summed E-state index contributed by atoms with van der Waals surface area (Å²) in [5, 5.41) is 3.24. The molecule has 0 fully saturated rings. The second-order valence-electron chi connectivity index (χ2n) is 12.6. The quantitative estimate of drug-likeness (QED) is 0.188. The average Bonchev–Trinajstić information content (AvgIpc) is 3.68. The first-order valence-corrected chi connectivity index (χ1v) is 18.1. The van der Waals surface area contributed by atoms with Gasteiger partial charge >= 0.3 is 0 Å². The van der Waals surface area contributed by atoms with E-state index in [1.807, 2.05) is 97.1 Å². The van der Waals surface area contributed by atoms with Crippen LogP contribution in [0.25, 0.3) is 66.3 Å². The van der Waals surface area contributed by atoms with Crippen molar-refractivity contribution < 1.29 is 8.42 Å². The summed E-state index contributed by atoms with van der Waals surface area (Å²) in [6.07, 6.45) is 0. The van der Waals surface area contributed by atoms with Crippen molar-refractivity contribution in [3.63, 3.8) is 0 Å². The van der Waals surface area contributed by atoms with Gasteiger partial charge in [-0.05, 0) is 77.4 Å². The van der Waals surface area contributed by atoms with Crippen LogP contribution in [0, 0.1) is 0 Å². The van der Waals surface area contributed by atoms with Crippen molar-refractivity contribution in [3.8, 4) is 33.6 Å². The molecule has 7 aromatic carbocycles. The molecule has 0 N–H and O–H groups in total. The van der Waals surface area contributed by atoms with Crippen molar-refractivity contribution in [1.82, 2.24) is 9.13 Å². The van der Waals surface area contributed by atoms with Gasteiger partial charge in [0.2, 0.25) is 0 Å². The summed E-state index contributed by atoms with van der Waals surface area (Å²) in [6, 6.07) is 58.7. The largest absolute Gasteiger partial charge is 0.309 e. The molecule has 9 aromatic rings. The number of para-hydroxylation sites is 4. The van der Waals surface area contributed by atoms with Crippen molar-refractivity contribution in [3.05, 3.63) is 176 Å². The lowest BCUT2D eigenvalue weighted by molar-refractivity contribution is 0.593. The van der Waals surface area contributed by atoms with Crippen LogP contribution in [0.15, 0.2) is 181 Å². The third-order valence-electron chi connectivity index (χ3n) is 9.83. The van der Waals surface area contributed by atoms with Crippen molar-refractivity contribution in [2.24, 2.45) is 0 Å². The molecule has 6 heteroatoms. The monoisotopic (exact) mass is 663 g/mol. The number of aromatic nitrogens is 2. The van der Waals surface area contributed by atoms with Crippen LogP contribution in [0.1, 0.15) is 0 Å². The molecule has 0 atom stereocenters.